The topological polar surface area (TPSA) is 80.4 Å². The van der Waals surface area contributed by atoms with E-state index in [4.69, 9.17) is 9.47 Å². The van der Waals surface area contributed by atoms with Crippen molar-refractivity contribution in [3.05, 3.63) is 59.8 Å². The van der Waals surface area contributed by atoms with Gasteiger partial charge in [0, 0.05) is 30.1 Å². The summed E-state index contributed by atoms with van der Waals surface area (Å²) in [4.78, 5) is 27.4. The fraction of sp³-hybridized carbons (Fsp3) is 0.304. The van der Waals surface area contributed by atoms with Gasteiger partial charge in [0.05, 0.1) is 20.6 Å². The molecular formula is C23H26N2O4. The number of carbonyl (C=O) groups is 2. The highest BCUT2D eigenvalue weighted by atomic mass is 16.5. The van der Waals surface area contributed by atoms with Gasteiger partial charge in [-0.2, -0.15) is 0 Å². The molecule has 0 aliphatic rings. The lowest BCUT2D eigenvalue weighted by Gasteiger charge is -2.06. The molecule has 0 spiro atoms. The lowest BCUT2D eigenvalue weighted by Crippen LogP contribution is -2.27. The van der Waals surface area contributed by atoms with Crippen LogP contribution >= 0.6 is 0 Å². The fourth-order valence-electron chi connectivity index (χ4n) is 3.23. The number of ketones is 1. The van der Waals surface area contributed by atoms with Gasteiger partial charge >= 0.3 is 0 Å². The molecule has 0 saturated carbocycles. The average molecular weight is 394 g/mol. The summed E-state index contributed by atoms with van der Waals surface area (Å²) >= 11 is 0. The molecule has 2 N–H and O–H groups in total. The zero-order chi connectivity index (χ0) is 20.6. The molecule has 0 aliphatic heterocycles. The number of hydrogen-bond acceptors (Lipinski definition) is 4. The van der Waals surface area contributed by atoms with Gasteiger partial charge in [-0.1, -0.05) is 12.1 Å². The number of aromatic nitrogens is 1. The van der Waals surface area contributed by atoms with Crippen LogP contribution in [0.2, 0.25) is 0 Å². The number of aryl methyl sites for hydroxylation is 1. The Bertz CT molecular complexity index is 976. The quantitative estimate of drug-likeness (QED) is 0.516. The van der Waals surface area contributed by atoms with Crippen LogP contribution < -0.4 is 14.8 Å². The molecule has 29 heavy (non-hydrogen) atoms. The highest BCUT2D eigenvalue weighted by Crippen LogP contribution is 2.23. The van der Waals surface area contributed by atoms with E-state index in [0.717, 1.165) is 33.5 Å². The number of hydrogen-bond donors (Lipinski definition) is 2. The third-order valence-electron chi connectivity index (χ3n) is 4.90. The van der Waals surface area contributed by atoms with Crippen molar-refractivity contribution in [2.24, 2.45) is 0 Å². The van der Waals surface area contributed by atoms with Gasteiger partial charge in [0.25, 0.3) is 0 Å². The zero-order valence-corrected chi connectivity index (χ0v) is 16.8. The van der Waals surface area contributed by atoms with E-state index in [2.05, 4.69) is 10.3 Å². The van der Waals surface area contributed by atoms with Crippen LogP contribution in [0.15, 0.2) is 48.7 Å². The first kappa shape index (κ1) is 20.5. The summed E-state index contributed by atoms with van der Waals surface area (Å²) in [5.74, 6) is 1.29. The van der Waals surface area contributed by atoms with Crippen molar-refractivity contribution in [3.63, 3.8) is 0 Å². The van der Waals surface area contributed by atoms with Crippen LogP contribution in [-0.4, -0.2) is 37.4 Å². The van der Waals surface area contributed by atoms with Crippen molar-refractivity contribution in [1.82, 2.24) is 10.3 Å². The van der Waals surface area contributed by atoms with Crippen LogP contribution in [0, 0.1) is 0 Å². The Morgan fingerprint density at radius 3 is 2.41 bits per heavy atom. The molecule has 1 amide bonds. The molecule has 0 unspecified atom stereocenters. The zero-order valence-electron chi connectivity index (χ0n) is 16.8. The van der Waals surface area contributed by atoms with Gasteiger partial charge in [0.15, 0.2) is 0 Å². The van der Waals surface area contributed by atoms with Gasteiger partial charge in [-0.3, -0.25) is 9.59 Å². The maximum Gasteiger partial charge on any atom is 0.227 e. The highest BCUT2D eigenvalue weighted by molar-refractivity contribution is 5.98. The summed E-state index contributed by atoms with van der Waals surface area (Å²) in [6.45, 7) is 0.481. The van der Waals surface area contributed by atoms with Crippen molar-refractivity contribution in [1.29, 1.82) is 0 Å². The Morgan fingerprint density at radius 2 is 1.69 bits per heavy atom. The predicted molar refractivity (Wildman–Crippen MR) is 113 cm³/mol. The third kappa shape index (κ3) is 5.60. The van der Waals surface area contributed by atoms with Gasteiger partial charge in [0.2, 0.25) is 5.91 Å². The molecule has 152 valence electrons. The number of benzene rings is 2. The summed E-state index contributed by atoms with van der Waals surface area (Å²) in [6.07, 6.45) is 3.50. The maximum atomic E-state index is 12.1. The molecule has 6 nitrogen and oxygen atoms in total. The molecule has 1 aromatic heterocycles. The van der Waals surface area contributed by atoms with Gasteiger partial charge in [-0.05, 0) is 54.3 Å². The van der Waals surface area contributed by atoms with Gasteiger partial charge in [-0.15, -0.1) is 0 Å². The molecule has 0 bridgehead atoms. The maximum absolute atomic E-state index is 12.1. The predicted octanol–water partition coefficient (Wildman–Crippen LogP) is 3.44. The fourth-order valence-corrected chi connectivity index (χ4v) is 3.23. The molecule has 0 saturated heterocycles. The van der Waals surface area contributed by atoms with Crippen molar-refractivity contribution in [2.75, 3.05) is 20.8 Å². The number of carbonyl (C=O) groups excluding carboxylic acids is 2. The van der Waals surface area contributed by atoms with E-state index < -0.39 is 0 Å². The number of nitrogens with one attached hydrogen (secondary N) is 2. The minimum atomic E-state index is -0.234. The first-order valence-corrected chi connectivity index (χ1v) is 9.64. The van der Waals surface area contributed by atoms with Crippen LogP contribution in [0.3, 0.4) is 0 Å². The summed E-state index contributed by atoms with van der Waals surface area (Å²) in [7, 11) is 3.26. The van der Waals surface area contributed by atoms with E-state index in [1.807, 2.05) is 48.7 Å². The Kier molecular flexibility index (Phi) is 6.89. The molecule has 0 atom stereocenters. The van der Waals surface area contributed by atoms with Crippen LogP contribution in [0.5, 0.6) is 11.5 Å². The lowest BCUT2D eigenvalue weighted by molar-refractivity contribution is -0.128. The number of ether oxygens (including phenoxy) is 2. The van der Waals surface area contributed by atoms with Gasteiger partial charge in [-0.25, -0.2) is 0 Å². The second kappa shape index (κ2) is 9.78. The van der Waals surface area contributed by atoms with E-state index in [0.29, 0.717) is 25.8 Å². The summed E-state index contributed by atoms with van der Waals surface area (Å²) in [5, 5.41) is 3.91. The van der Waals surface area contributed by atoms with Gasteiger partial charge < -0.3 is 19.8 Å². The summed E-state index contributed by atoms with van der Waals surface area (Å²) < 4.78 is 10.4. The highest BCUT2D eigenvalue weighted by Gasteiger charge is 2.11. The monoisotopic (exact) mass is 394 g/mol. The molecular weight excluding hydrogens is 368 g/mol. The number of aromatic amines is 1. The van der Waals surface area contributed by atoms with Crippen molar-refractivity contribution >= 4 is 22.6 Å². The van der Waals surface area contributed by atoms with E-state index >= 15 is 0 Å². The SMILES string of the molecule is COc1ccc(CCC(=O)CC(=O)NCCc2c[nH]c3ccc(OC)cc23)cc1. The van der Waals surface area contributed by atoms with Crippen LogP contribution in [0.25, 0.3) is 10.9 Å². The van der Waals surface area contributed by atoms with Crippen LogP contribution in [-0.2, 0) is 22.4 Å². The average Bonchev–Trinajstić information content (AvgIpc) is 3.14. The molecule has 0 aliphatic carbocycles. The molecule has 3 rings (SSSR count). The largest absolute Gasteiger partial charge is 0.497 e. The van der Waals surface area contributed by atoms with E-state index in [9.17, 15) is 9.59 Å². The van der Waals surface area contributed by atoms with E-state index in [-0.39, 0.29) is 18.1 Å². The van der Waals surface area contributed by atoms with Crippen LogP contribution in [0.1, 0.15) is 24.0 Å². The molecule has 1 heterocycles. The normalized spacial score (nSPS) is 10.7. The Balaban J connectivity index is 1.42. The number of methoxy groups -OCH3 is 2. The number of amides is 1. The third-order valence-corrected chi connectivity index (χ3v) is 4.90. The van der Waals surface area contributed by atoms with Crippen molar-refractivity contribution < 1.29 is 19.1 Å². The minimum absolute atomic E-state index is 0.0600. The first-order valence-electron chi connectivity index (χ1n) is 9.64. The Hall–Kier alpha value is -3.28. The van der Waals surface area contributed by atoms with Gasteiger partial charge in [0.1, 0.15) is 17.3 Å². The lowest BCUT2D eigenvalue weighted by atomic mass is 10.1. The van der Waals surface area contributed by atoms with E-state index in [1.165, 1.54) is 0 Å². The first-order chi connectivity index (χ1) is 14.1. The van der Waals surface area contributed by atoms with Crippen molar-refractivity contribution in [2.45, 2.75) is 25.7 Å². The summed E-state index contributed by atoms with van der Waals surface area (Å²) in [5.41, 5.74) is 3.18. The number of rotatable bonds is 10. The molecule has 3 aromatic rings. The second-order valence-corrected chi connectivity index (χ2v) is 6.89. The molecule has 0 radical (unpaired) electrons. The molecule has 2 aromatic carbocycles. The number of H-pyrrole nitrogens is 1. The minimum Gasteiger partial charge on any atom is -0.497 e. The molecule has 6 heteroatoms. The smallest absolute Gasteiger partial charge is 0.227 e. The van der Waals surface area contributed by atoms with E-state index in [1.54, 1.807) is 14.2 Å². The Labute approximate surface area is 170 Å². The molecule has 0 fully saturated rings. The number of Topliss-reactive ketones (excluding diaryl/α,β-unsaturated/α-hetero) is 1. The van der Waals surface area contributed by atoms with Crippen molar-refractivity contribution in [3.8, 4) is 11.5 Å². The second-order valence-electron chi connectivity index (χ2n) is 6.89. The standard InChI is InChI=1S/C23H26N2O4/c1-28-19-7-4-16(5-8-19)3-6-18(26)13-23(27)24-12-11-17-15-25-22-10-9-20(29-2)14-21(17)22/h4-5,7-10,14-15,25H,3,6,11-13H2,1-2H3,(H,24,27). The summed E-state index contributed by atoms with van der Waals surface area (Å²) in [6, 6.07) is 13.5. The Morgan fingerprint density at radius 1 is 0.966 bits per heavy atom. The number of fused-ring (bicyclic) bond motifs is 1. The van der Waals surface area contributed by atoms with Crippen LogP contribution in [0.4, 0.5) is 0 Å².